The number of aliphatic hydroxyl groups is 1. The number of hydrogen-bond donors (Lipinski definition) is 2. The Morgan fingerprint density at radius 1 is 1.64 bits per heavy atom. The summed E-state index contributed by atoms with van der Waals surface area (Å²) in [6.45, 7) is 3.35. The summed E-state index contributed by atoms with van der Waals surface area (Å²) in [6, 6.07) is 1.41. The minimum absolute atomic E-state index is 0.115. The van der Waals surface area contributed by atoms with Crippen LogP contribution in [0.1, 0.15) is 24.3 Å². The Morgan fingerprint density at radius 2 is 2.27 bits per heavy atom. The van der Waals surface area contributed by atoms with Crippen LogP contribution in [0.2, 0.25) is 0 Å². The van der Waals surface area contributed by atoms with Gasteiger partial charge in [0.15, 0.2) is 5.43 Å². The molecule has 11 heavy (non-hydrogen) atoms. The largest absolute Gasteiger partial charge is 0.388 e. The molecule has 0 aromatic carbocycles. The van der Waals surface area contributed by atoms with Gasteiger partial charge in [0.2, 0.25) is 0 Å². The van der Waals surface area contributed by atoms with E-state index in [9.17, 15) is 4.79 Å². The summed E-state index contributed by atoms with van der Waals surface area (Å²) in [5, 5.41) is 9.17. The molecule has 0 aliphatic heterocycles. The summed E-state index contributed by atoms with van der Waals surface area (Å²) < 4.78 is 0. The molecule has 0 bridgehead atoms. The van der Waals surface area contributed by atoms with Crippen molar-refractivity contribution in [1.82, 2.24) is 4.98 Å². The van der Waals surface area contributed by atoms with Gasteiger partial charge in [-0.1, -0.05) is 0 Å². The fourth-order valence-corrected chi connectivity index (χ4v) is 1.11. The lowest BCUT2D eigenvalue weighted by atomic mass is 10.1. The van der Waals surface area contributed by atoms with E-state index in [1.807, 2.05) is 0 Å². The maximum absolute atomic E-state index is 11.1. The van der Waals surface area contributed by atoms with Crippen LogP contribution in [0, 0.1) is 6.92 Å². The van der Waals surface area contributed by atoms with E-state index >= 15 is 0 Å². The van der Waals surface area contributed by atoms with Gasteiger partial charge in [0, 0.05) is 23.5 Å². The highest BCUT2D eigenvalue weighted by Gasteiger charge is 2.07. The van der Waals surface area contributed by atoms with E-state index in [-0.39, 0.29) is 5.43 Å². The number of aromatic amines is 1. The highest BCUT2D eigenvalue weighted by molar-refractivity contribution is 5.20. The van der Waals surface area contributed by atoms with Crippen molar-refractivity contribution < 1.29 is 5.11 Å². The summed E-state index contributed by atoms with van der Waals surface area (Å²) >= 11 is 0. The van der Waals surface area contributed by atoms with Crippen molar-refractivity contribution in [2.24, 2.45) is 0 Å². The molecule has 1 aromatic rings. The third-order valence-electron chi connectivity index (χ3n) is 1.62. The molecular formula is C8H11NO2. The second-order valence-corrected chi connectivity index (χ2v) is 2.56. The fraction of sp³-hybridized carbons (Fsp3) is 0.375. The predicted octanol–water partition coefficient (Wildman–Crippen LogP) is 0.737. The van der Waals surface area contributed by atoms with E-state index in [0.29, 0.717) is 5.56 Å². The van der Waals surface area contributed by atoms with Gasteiger partial charge in [0.25, 0.3) is 0 Å². The zero-order valence-corrected chi connectivity index (χ0v) is 6.59. The maximum Gasteiger partial charge on any atom is 0.187 e. The molecule has 1 unspecified atom stereocenters. The second kappa shape index (κ2) is 2.88. The van der Waals surface area contributed by atoms with Gasteiger partial charge in [-0.05, 0) is 13.8 Å². The number of pyridine rings is 1. The molecule has 0 fully saturated rings. The van der Waals surface area contributed by atoms with Crippen LogP contribution in [-0.4, -0.2) is 10.1 Å². The molecular weight excluding hydrogens is 142 g/mol. The van der Waals surface area contributed by atoms with Crippen molar-refractivity contribution in [3.63, 3.8) is 0 Å². The van der Waals surface area contributed by atoms with Gasteiger partial charge >= 0.3 is 0 Å². The lowest BCUT2D eigenvalue weighted by Gasteiger charge is -2.05. The Kier molecular flexibility index (Phi) is 2.10. The molecule has 0 spiro atoms. The summed E-state index contributed by atoms with van der Waals surface area (Å²) in [4.78, 5) is 14.0. The molecule has 1 aromatic heterocycles. The van der Waals surface area contributed by atoms with Crippen LogP contribution in [0.15, 0.2) is 17.1 Å². The molecule has 3 heteroatoms. The second-order valence-electron chi connectivity index (χ2n) is 2.56. The topological polar surface area (TPSA) is 53.1 Å². The van der Waals surface area contributed by atoms with Crippen molar-refractivity contribution in [2.45, 2.75) is 20.0 Å². The average Bonchev–Trinajstić information content (AvgIpc) is 1.85. The van der Waals surface area contributed by atoms with Gasteiger partial charge in [-0.3, -0.25) is 4.79 Å². The van der Waals surface area contributed by atoms with E-state index in [1.165, 1.54) is 6.07 Å². The van der Waals surface area contributed by atoms with Gasteiger partial charge in [-0.2, -0.15) is 0 Å². The fourth-order valence-electron chi connectivity index (χ4n) is 1.11. The number of aryl methyl sites for hydroxylation is 1. The molecule has 0 aliphatic carbocycles. The first-order chi connectivity index (χ1) is 5.13. The Morgan fingerprint density at radius 3 is 2.64 bits per heavy atom. The third-order valence-corrected chi connectivity index (χ3v) is 1.62. The summed E-state index contributed by atoms with van der Waals surface area (Å²) in [6.07, 6.45) is 0.878. The van der Waals surface area contributed by atoms with Crippen molar-refractivity contribution >= 4 is 0 Å². The first kappa shape index (κ1) is 8.01. The smallest absolute Gasteiger partial charge is 0.187 e. The zero-order valence-electron chi connectivity index (χ0n) is 6.59. The predicted molar refractivity (Wildman–Crippen MR) is 42.4 cm³/mol. The van der Waals surface area contributed by atoms with Crippen LogP contribution in [0.5, 0.6) is 0 Å². The van der Waals surface area contributed by atoms with Crippen LogP contribution in [0.25, 0.3) is 0 Å². The Balaban J connectivity index is 3.33. The van der Waals surface area contributed by atoms with Crippen molar-refractivity contribution in [2.75, 3.05) is 0 Å². The van der Waals surface area contributed by atoms with Crippen molar-refractivity contribution in [3.05, 3.63) is 33.7 Å². The number of aromatic nitrogens is 1. The van der Waals surface area contributed by atoms with Gasteiger partial charge in [0.05, 0.1) is 6.10 Å². The molecule has 1 heterocycles. The highest BCUT2D eigenvalue weighted by Crippen LogP contribution is 2.08. The van der Waals surface area contributed by atoms with Crippen LogP contribution >= 0.6 is 0 Å². The number of aliphatic hydroxyl groups excluding tert-OH is 1. The SMILES string of the molecule is Cc1[nH]ccc(=O)c1C(C)O. The lowest BCUT2D eigenvalue weighted by Crippen LogP contribution is -2.13. The average molecular weight is 153 g/mol. The molecule has 3 nitrogen and oxygen atoms in total. The van der Waals surface area contributed by atoms with Crippen LogP contribution in [-0.2, 0) is 0 Å². The van der Waals surface area contributed by atoms with Crippen molar-refractivity contribution in [3.8, 4) is 0 Å². The quantitative estimate of drug-likeness (QED) is 0.625. The van der Waals surface area contributed by atoms with Gasteiger partial charge in [-0.25, -0.2) is 0 Å². The molecule has 0 aliphatic rings. The molecule has 0 amide bonds. The van der Waals surface area contributed by atoms with Crippen LogP contribution in [0.4, 0.5) is 0 Å². The minimum Gasteiger partial charge on any atom is -0.388 e. The standard InChI is InChI=1S/C8H11NO2/c1-5-8(6(2)10)7(11)3-4-9-5/h3-4,6,10H,1-2H3,(H,9,11). The number of H-pyrrole nitrogens is 1. The molecule has 0 saturated heterocycles. The molecule has 2 N–H and O–H groups in total. The number of hydrogen-bond acceptors (Lipinski definition) is 2. The first-order valence-electron chi connectivity index (χ1n) is 3.49. The maximum atomic E-state index is 11.1. The Labute approximate surface area is 64.7 Å². The van der Waals surface area contributed by atoms with E-state index in [0.717, 1.165) is 5.69 Å². The number of rotatable bonds is 1. The minimum atomic E-state index is -0.694. The summed E-state index contributed by atoms with van der Waals surface area (Å²) in [5.41, 5.74) is 1.07. The Bertz CT molecular complexity index is 301. The van der Waals surface area contributed by atoms with E-state index in [1.54, 1.807) is 20.0 Å². The van der Waals surface area contributed by atoms with Crippen molar-refractivity contribution in [1.29, 1.82) is 0 Å². The van der Waals surface area contributed by atoms with Crippen LogP contribution < -0.4 is 5.43 Å². The van der Waals surface area contributed by atoms with Gasteiger partial charge in [-0.15, -0.1) is 0 Å². The molecule has 1 rings (SSSR count). The zero-order chi connectivity index (χ0) is 8.43. The molecule has 60 valence electrons. The van der Waals surface area contributed by atoms with E-state index in [2.05, 4.69) is 4.98 Å². The molecule has 0 saturated carbocycles. The van der Waals surface area contributed by atoms with Gasteiger partial charge in [0.1, 0.15) is 0 Å². The van der Waals surface area contributed by atoms with E-state index < -0.39 is 6.10 Å². The number of nitrogens with one attached hydrogen (secondary N) is 1. The normalized spacial score (nSPS) is 13.0. The molecule has 0 radical (unpaired) electrons. The van der Waals surface area contributed by atoms with E-state index in [4.69, 9.17) is 5.11 Å². The first-order valence-corrected chi connectivity index (χ1v) is 3.49. The summed E-state index contributed by atoms with van der Waals surface area (Å²) in [5.74, 6) is 0. The van der Waals surface area contributed by atoms with Crippen LogP contribution in [0.3, 0.4) is 0 Å². The monoisotopic (exact) mass is 153 g/mol. The molecule has 1 atom stereocenters. The lowest BCUT2D eigenvalue weighted by molar-refractivity contribution is 0.197. The Hall–Kier alpha value is -1.09. The van der Waals surface area contributed by atoms with Gasteiger partial charge < -0.3 is 10.1 Å². The third kappa shape index (κ3) is 1.49. The highest BCUT2D eigenvalue weighted by atomic mass is 16.3. The summed E-state index contributed by atoms with van der Waals surface area (Å²) in [7, 11) is 0.